The van der Waals surface area contributed by atoms with E-state index in [1.807, 2.05) is 24.3 Å². The Labute approximate surface area is 140 Å². The van der Waals surface area contributed by atoms with Gasteiger partial charge in [0.05, 0.1) is 0 Å². The highest BCUT2D eigenvalue weighted by molar-refractivity contribution is 9.10. The summed E-state index contributed by atoms with van der Waals surface area (Å²) in [6.07, 6.45) is 3.38. The van der Waals surface area contributed by atoms with Gasteiger partial charge in [-0.05, 0) is 55.5 Å². The fourth-order valence-corrected chi connectivity index (χ4v) is 4.01. The quantitative estimate of drug-likeness (QED) is 0.871. The molecule has 3 saturated heterocycles. The minimum atomic E-state index is -0.364. The molecule has 22 heavy (non-hydrogen) atoms. The van der Waals surface area contributed by atoms with Crippen LogP contribution in [0.15, 0.2) is 28.7 Å². The van der Waals surface area contributed by atoms with Gasteiger partial charge in [0.1, 0.15) is 6.61 Å². The average molecular weight is 367 g/mol. The molecule has 1 unspecified atom stereocenters. The second-order valence-corrected chi connectivity index (χ2v) is 7.25. The van der Waals surface area contributed by atoms with Gasteiger partial charge in [0.2, 0.25) is 0 Å². The van der Waals surface area contributed by atoms with Crippen LogP contribution < -0.4 is 5.32 Å². The zero-order chi connectivity index (χ0) is 15.5. The number of hydrogen-bond donors (Lipinski definition) is 1. The smallest absolute Gasteiger partial charge is 0.411 e. The van der Waals surface area contributed by atoms with Crippen LogP contribution in [-0.2, 0) is 4.74 Å². The highest BCUT2D eigenvalue weighted by atomic mass is 79.9. The molecule has 1 aromatic carbocycles. The van der Waals surface area contributed by atoms with Crippen molar-refractivity contribution in [1.82, 2.24) is 4.90 Å². The zero-order valence-corrected chi connectivity index (χ0v) is 14.5. The molecule has 4 atom stereocenters. The van der Waals surface area contributed by atoms with E-state index in [9.17, 15) is 4.79 Å². The van der Waals surface area contributed by atoms with Crippen LogP contribution in [0.1, 0.15) is 26.2 Å². The SMILES string of the molecule is CC[C@H]1CN2CC[C@H]1C[C@@H]2COC(=O)Nc1ccc(Br)cc1. The van der Waals surface area contributed by atoms with Crippen molar-refractivity contribution < 1.29 is 9.53 Å². The molecule has 1 amide bonds. The van der Waals surface area contributed by atoms with E-state index in [-0.39, 0.29) is 6.09 Å². The lowest BCUT2D eigenvalue weighted by Gasteiger charge is -2.49. The number of rotatable bonds is 4. The molecule has 120 valence electrons. The van der Waals surface area contributed by atoms with Gasteiger partial charge in [0, 0.05) is 22.7 Å². The minimum absolute atomic E-state index is 0.364. The van der Waals surface area contributed by atoms with Gasteiger partial charge in [-0.2, -0.15) is 0 Å². The fraction of sp³-hybridized carbons (Fsp3) is 0.588. The van der Waals surface area contributed by atoms with Gasteiger partial charge >= 0.3 is 6.09 Å². The summed E-state index contributed by atoms with van der Waals surface area (Å²) < 4.78 is 6.42. The van der Waals surface area contributed by atoms with Gasteiger partial charge in [0.15, 0.2) is 0 Å². The van der Waals surface area contributed by atoms with E-state index in [4.69, 9.17) is 4.74 Å². The Balaban J connectivity index is 1.47. The number of halogens is 1. The normalized spacial score (nSPS) is 30.1. The van der Waals surface area contributed by atoms with Crippen LogP contribution in [0.3, 0.4) is 0 Å². The lowest BCUT2D eigenvalue weighted by Crippen LogP contribution is -2.54. The molecule has 3 fully saturated rings. The van der Waals surface area contributed by atoms with Gasteiger partial charge in [-0.1, -0.05) is 29.3 Å². The molecular formula is C17H23BrN2O2. The first-order valence-corrected chi connectivity index (χ1v) is 8.88. The number of nitrogens with zero attached hydrogens (tertiary/aromatic N) is 1. The van der Waals surface area contributed by atoms with Crippen molar-refractivity contribution in [2.45, 2.75) is 32.2 Å². The molecule has 3 aliphatic heterocycles. The maximum atomic E-state index is 11.9. The van der Waals surface area contributed by atoms with Crippen LogP contribution in [0.4, 0.5) is 10.5 Å². The predicted octanol–water partition coefficient (Wildman–Crippen LogP) is 4.12. The molecule has 3 aliphatic rings. The van der Waals surface area contributed by atoms with E-state index < -0.39 is 0 Å². The van der Waals surface area contributed by atoms with E-state index in [2.05, 4.69) is 33.1 Å². The lowest BCUT2D eigenvalue weighted by atomic mass is 9.75. The summed E-state index contributed by atoms with van der Waals surface area (Å²) in [5.41, 5.74) is 0.754. The Morgan fingerprint density at radius 2 is 2.18 bits per heavy atom. The number of anilines is 1. The van der Waals surface area contributed by atoms with Gasteiger partial charge in [-0.15, -0.1) is 0 Å². The third kappa shape index (κ3) is 3.63. The van der Waals surface area contributed by atoms with Crippen molar-refractivity contribution in [3.63, 3.8) is 0 Å². The van der Waals surface area contributed by atoms with Crippen molar-refractivity contribution in [2.75, 3.05) is 25.0 Å². The fourth-order valence-electron chi connectivity index (χ4n) is 3.74. The first kappa shape index (κ1) is 15.8. The van der Waals surface area contributed by atoms with E-state index in [0.717, 1.165) is 28.5 Å². The van der Waals surface area contributed by atoms with Crippen molar-refractivity contribution in [1.29, 1.82) is 0 Å². The molecule has 0 aliphatic carbocycles. The standard InChI is InChI=1S/C17H23BrN2O2/c1-2-12-10-20-8-7-13(12)9-16(20)11-22-17(21)19-15-5-3-14(18)4-6-15/h3-6,12-13,16H,2,7-11H2,1H3,(H,19,21)/t12-,13-,16+/m0/s1. The molecule has 0 saturated carbocycles. The Kier molecular flexibility index (Phi) is 5.03. The molecular weight excluding hydrogens is 344 g/mol. The number of amides is 1. The number of carbonyl (C=O) groups excluding carboxylic acids is 1. The van der Waals surface area contributed by atoms with Gasteiger partial charge in [-0.25, -0.2) is 4.79 Å². The zero-order valence-electron chi connectivity index (χ0n) is 12.9. The summed E-state index contributed by atoms with van der Waals surface area (Å²) >= 11 is 3.37. The monoisotopic (exact) mass is 366 g/mol. The molecule has 4 rings (SSSR count). The predicted molar refractivity (Wildman–Crippen MR) is 91.0 cm³/mol. The third-order valence-corrected chi connectivity index (χ3v) is 5.56. The number of piperidine rings is 3. The molecule has 5 heteroatoms. The van der Waals surface area contributed by atoms with Crippen LogP contribution in [0, 0.1) is 11.8 Å². The average Bonchev–Trinajstić information content (AvgIpc) is 2.55. The van der Waals surface area contributed by atoms with Gasteiger partial charge in [0.25, 0.3) is 0 Å². The third-order valence-electron chi connectivity index (χ3n) is 5.04. The van der Waals surface area contributed by atoms with Crippen molar-refractivity contribution in [3.8, 4) is 0 Å². The number of hydrogen-bond acceptors (Lipinski definition) is 3. The highest BCUT2D eigenvalue weighted by Crippen LogP contribution is 2.37. The van der Waals surface area contributed by atoms with E-state index in [1.54, 1.807) is 0 Å². The Hall–Kier alpha value is -1.07. The summed E-state index contributed by atoms with van der Waals surface area (Å²) in [5.74, 6) is 1.65. The first-order chi connectivity index (χ1) is 10.7. The highest BCUT2D eigenvalue weighted by Gasteiger charge is 2.39. The number of ether oxygens (including phenoxy) is 1. The lowest BCUT2D eigenvalue weighted by molar-refractivity contribution is -0.0240. The van der Waals surface area contributed by atoms with Crippen LogP contribution in [0.2, 0.25) is 0 Å². The Bertz CT molecular complexity index is 520. The van der Waals surface area contributed by atoms with E-state index in [1.165, 1.54) is 25.8 Å². The topological polar surface area (TPSA) is 41.6 Å². The molecule has 4 nitrogen and oxygen atoms in total. The Morgan fingerprint density at radius 3 is 2.82 bits per heavy atom. The molecule has 1 aromatic rings. The first-order valence-electron chi connectivity index (χ1n) is 8.09. The summed E-state index contributed by atoms with van der Waals surface area (Å²) in [5, 5.41) is 2.77. The van der Waals surface area contributed by atoms with E-state index in [0.29, 0.717) is 12.6 Å². The van der Waals surface area contributed by atoms with Crippen LogP contribution in [0.25, 0.3) is 0 Å². The summed E-state index contributed by atoms with van der Waals surface area (Å²) in [6.45, 7) is 5.10. The molecule has 0 aromatic heterocycles. The van der Waals surface area contributed by atoms with Gasteiger partial charge < -0.3 is 4.74 Å². The maximum Gasteiger partial charge on any atom is 0.411 e. The summed E-state index contributed by atoms with van der Waals surface area (Å²) in [6, 6.07) is 7.89. The number of fused-ring (bicyclic) bond motifs is 3. The summed E-state index contributed by atoms with van der Waals surface area (Å²) in [4.78, 5) is 14.4. The van der Waals surface area contributed by atoms with Crippen molar-refractivity contribution in [3.05, 3.63) is 28.7 Å². The van der Waals surface area contributed by atoms with Crippen LogP contribution in [-0.4, -0.2) is 36.7 Å². The molecule has 0 radical (unpaired) electrons. The minimum Gasteiger partial charge on any atom is -0.448 e. The molecule has 0 spiro atoms. The molecule has 2 bridgehead atoms. The Morgan fingerprint density at radius 1 is 1.41 bits per heavy atom. The largest absolute Gasteiger partial charge is 0.448 e. The maximum absolute atomic E-state index is 11.9. The van der Waals surface area contributed by atoms with Crippen molar-refractivity contribution in [2.24, 2.45) is 11.8 Å². The second-order valence-electron chi connectivity index (χ2n) is 6.33. The number of nitrogens with one attached hydrogen (secondary N) is 1. The van der Waals surface area contributed by atoms with E-state index >= 15 is 0 Å². The van der Waals surface area contributed by atoms with Crippen LogP contribution in [0.5, 0.6) is 0 Å². The summed E-state index contributed by atoms with van der Waals surface area (Å²) in [7, 11) is 0. The molecule has 1 N–H and O–H groups in total. The number of benzene rings is 1. The molecule has 3 heterocycles. The number of carbonyl (C=O) groups is 1. The van der Waals surface area contributed by atoms with Crippen LogP contribution >= 0.6 is 15.9 Å². The second kappa shape index (κ2) is 7.01. The van der Waals surface area contributed by atoms with Gasteiger partial charge in [-0.3, -0.25) is 10.2 Å². The van der Waals surface area contributed by atoms with Crippen molar-refractivity contribution >= 4 is 27.7 Å².